The summed E-state index contributed by atoms with van der Waals surface area (Å²) in [6.45, 7) is 0. The molecule has 0 bridgehead atoms. The van der Waals surface area contributed by atoms with Crippen molar-refractivity contribution in [3.8, 4) is 0 Å². The molecule has 120 valence electrons. The summed E-state index contributed by atoms with van der Waals surface area (Å²) in [6, 6.07) is -0.851. The van der Waals surface area contributed by atoms with Gasteiger partial charge in [0, 0.05) is 37.1 Å². The van der Waals surface area contributed by atoms with Crippen LogP contribution in [0.25, 0.3) is 0 Å². The average molecular weight is 311 g/mol. The van der Waals surface area contributed by atoms with Gasteiger partial charge in [-0.1, -0.05) is 0 Å². The van der Waals surface area contributed by atoms with Gasteiger partial charge in [0.15, 0.2) is 6.10 Å². The molecule has 10 nitrogen and oxygen atoms in total. The van der Waals surface area contributed by atoms with Gasteiger partial charge < -0.3 is 31.0 Å². The molecule has 0 radical (unpaired) electrons. The van der Waals surface area contributed by atoms with E-state index < -0.39 is 24.1 Å². The molecular weight excluding hydrogens is 294 g/mol. The molecule has 0 aliphatic heterocycles. The first-order chi connectivity index (χ1) is 10.4. The molecule has 0 aliphatic rings. The number of imidazole rings is 2. The van der Waals surface area contributed by atoms with Crippen molar-refractivity contribution in [2.24, 2.45) is 5.73 Å². The minimum Gasteiger partial charge on any atom is -0.480 e. The molecule has 2 atom stereocenters. The summed E-state index contributed by atoms with van der Waals surface area (Å²) in [4.78, 5) is 33.3. The van der Waals surface area contributed by atoms with Gasteiger partial charge >= 0.3 is 11.9 Å². The molecule has 10 heteroatoms. The van der Waals surface area contributed by atoms with Crippen molar-refractivity contribution < 1.29 is 24.9 Å². The molecular formula is C12H17N5O5. The lowest BCUT2D eigenvalue weighted by Gasteiger charge is -2.02. The Morgan fingerprint density at radius 2 is 1.95 bits per heavy atom. The normalized spacial score (nSPS) is 12.8. The number of nitrogens with zero attached hydrogens (tertiary/aromatic N) is 2. The zero-order valence-corrected chi connectivity index (χ0v) is 11.5. The van der Waals surface area contributed by atoms with Crippen LogP contribution in [-0.4, -0.2) is 59.3 Å². The summed E-state index contributed by atoms with van der Waals surface area (Å²) < 4.78 is 0. The number of hydrogen-bond acceptors (Lipinski definition) is 6. The summed E-state index contributed by atoms with van der Waals surface area (Å²) in [5.74, 6) is -1.76. The molecule has 0 aromatic carbocycles. The Morgan fingerprint density at radius 1 is 1.23 bits per heavy atom. The number of aliphatic hydroxyl groups is 1. The van der Waals surface area contributed by atoms with E-state index in [9.17, 15) is 9.59 Å². The maximum absolute atomic E-state index is 10.3. The molecule has 0 spiro atoms. The topological polar surface area (TPSA) is 178 Å². The van der Waals surface area contributed by atoms with Crippen LogP contribution in [0.5, 0.6) is 0 Å². The Kier molecular flexibility index (Phi) is 6.73. The first-order valence-corrected chi connectivity index (χ1v) is 6.25. The Morgan fingerprint density at radius 3 is 2.41 bits per heavy atom. The number of H-pyrrole nitrogens is 2. The fourth-order valence-electron chi connectivity index (χ4n) is 1.40. The number of aromatic nitrogens is 4. The lowest BCUT2D eigenvalue weighted by molar-refractivity contribution is -0.146. The largest absolute Gasteiger partial charge is 0.480 e. The molecule has 0 amide bonds. The quantitative estimate of drug-likeness (QED) is 0.383. The summed E-state index contributed by atoms with van der Waals surface area (Å²) >= 11 is 0. The highest BCUT2D eigenvalue weighted by molar-refractivity contribution is 5.73. The second kappa shape index (κ2) is 8.54. The van der Waals surface area contributed by atoms with Crippen LogP contribution in [0.15, 0.2) is 24.9 Å². The summed E-state index contributed by atoms with van der Waals surface area (Å²) in [5.41, 5.74) is 6.00. The van der Waals surface area contributed by atoms with Crippen LogP contribution in [0.2, 0.25) is 0 Å². The summed E-state index contributed by atoms with van der Waals surface area (Å²) in [7, 11) is 0. The molecule has 0 saturated heterocycles. The lowest BCUT2D eigenvalue weighted by atomic mass is 10.2. The highest BCUT2D eigenvalue weighted by Crippen LogP contribution is 1.96. The number of rotatable bonds is 6. The smallest absolute Gasteiger partial charge is 0.332 e. The molecule has 22 heavy (non-hydrogen) atoms. The van der Waals surface area contributed by atoms with E-state index in [4.69, 9.17) is 21.1 Å². The van der Waals surface area contributed by atoms with E-state index in [1.165, 1.54) is 12.5 Å². The predicted molar refractivity (Wildman–Crippen MR) is 73.8 cm³/mol. The molecule has 2 heterocycles. The number of aliphatic hydroxyl groups excluding tert-OH is 1. The summed E-state index contributed by atoms with van der Waals surface area (Å²) in [5, 5.41) is 25.5. The number of carboxylic acid groups (broad SMARTS) is 2. The number of carbonyl (C=O) groups is 2. The predicted octanol–water partition coefficient (Wildman–Crippen LogP) is -1.24. The van der Waals surface area contributed by atoms with E-state index in [-0.39, 0.29) is 12.8 Å². The van der Waals surface area contributed by atoms with Gasteiger partial charge in [0.1, 0.15) is 11.9 Å². The van der Waals surface area contributed by atoms with Crippen molar-refractivity contribution >= 4 is 11.9 Å². The zero-order chi connectivity index (χ0) is 16.5. The van der Waals surface area contributed by atoms with Gasteiger partial charge in [0.05, 0.1) is 6.33 Å². The van der Waals surface area contributed by atoms with Crippen LogP contribution >= 0.6 is 0 Å². The maximum Gasteiger partial charge on any atom is 0.332 e. The average Bonchev–Trinajstić information content (AvgIpc) is 3.12. The molecule has 0 fully saturated rings. The van der Waals surface area contributed by atoms with Crippen molar-refractivity contribution in [2.45, 2.75) is 25.0 Å². The molecule has 2 rings (SSSR count). The highest BCUT2D eigenvalue weighted by Gasteiger charge is 2.14. The first-order valence-electron chi connectivity index (χ1n) is 6.25. The Bertz CT molecular complexity index is 517. The molecule has 2 unspecified atom stereocenters. The minimum atomic E-state index is -1.37. The second-order valence-corrected chi connectivity index (χ2v) is 4.32. The van der Waals surface area contributed by atoms with Crippen molar-refractivity contribution in [1.82, 2.24) is 19.9 Å². The van der Waals surface area contributed by atoms with E-state index in [1.54, 1.807) is 12.4 Å². The highest BCUT2D eigenvalue weighted by atomic mass is 16.4. The van der Waals surface area contributed by atoms with Gasteiger partial charge in [0.25, 0.3) is 0 Å². The van der Waals surface area contributed by atoms with Crippen LogP contribution in [-0.2, 0) is 22.4 Å². The van der Waals surface area contributed by atoms with Gasteiger partial charge in [-0.05, 0) is 0 Å². The monoisotopic (exact) mass is 311 g/mol. The van der Waals surface area contributed by atoms with Crippen LogP contribution in [0.1, 0.15) is 11.5 Å². The molecule has 2 aromatic heterocycles. The van der Waals surface area contributed by atoms with Gasteiger partial charge in [-0.15, -0.1) is 0 Å². The van der Waals surface area contributed by atoms with Gasteiger partial charge in [0.2, 0.25) is 0 Å². The van der Waals surface area contributed by atoms with E-state index in [2.05, 4.69) is 19.9 Å². The third-order valence-corrected chi connectivity index (χ3v) is 2.54. The van der Waals surface area contributed by atoms with Crippen molar-refractivity contribution in [3.05, 3.63) is 36.4 Å². The number of aliphatic carboxylic acids is 2. The van der Waals surface area contributed by atoms with Crippen molar-refractivity contribution in [2.75, 3.05) is 0 Å². The molecule has 0 aliphatic carbocycles. The van der Waals surface area contributed by atoms with Gasteiger partial charge in [-0.2, -0.15) is 0 Å². The second-order valence-electron chi connectivity index (χ2n) is 4.32. The van der Waals surface area contributed by atoms with Gasteiger partial charge in [-0.25, -0.2) is 14.8 Å². The van der Waals surface area contributed by atoms with Gasteiger partial charge in [-0.3, -0.25) is 4.79 Å². The third-order valence-electron chi connectivity index (χ3n) is 2.54. The molecule has 0 saturated carbocycles. The SMILES string of the molecule is NC(Cc1cnc[nH]1)C(=O)O.O=C(O)C(O)Cc1ncc[nH]1. The maximum atomic E-state index is 10.3. The van der Waals surface area contributed by atoms with Crippen LogP contribution in [0.3, 0.4) is 0 Å². The van der Waals surface area contributed by atoms with Crippen LogP contribution < -0.4 is 5.73 Å². The number of carboxylic acids is 2. The third kappa shape index (κ3) is 6.15. The van der Waals surface area contributed by atoms with E-state index >= 15 is 0 Å². The van der Waals surface area contributed by atoms with Crippen LogP contribution in [0.4, 0.5) is 0 Å². The Balaban J connectivity index is 0.000000220. The zero-order valence-electron chi connectivity index (χ0n) is 11.5. The summed E-state index contributed by atoms with van der Waals surface area (Å²) in [6.07, 6.45) is 5.05. The minimum absolute atomic E-state index is 0.0162. The van der Waals surface area contributed by atoms with E-state index in [1.807, 2.05) is 0 Å². The number of nitrogens with one attached hydrogen (secondary N) is 2. The van der Waals surface area contributed by atoms with Crippen molar-refractivity contribution in [3.63, 3.8) is 0 Å². The fraction of sp³-hybridized carbons (Fsp3) is 0.333. The van der Waals surface area contributed by atoms with E-state index in [0.29, 0.717) is 5.82 Å². The standard InChI is InChI=1S/C6H9N3O2.C6H8N2O3/c7-5(6(10)11)1-4-2-8-3-9-4;9-4(6(10)11)3-5-7-1-2-8-5/h2-3,5H,1,7H2,(H,8,9)(H,10,11);1-2,4,9H,3H2,(H,7,8)(H,10,11). The fourth-order valence-corrected chi connectivity index (χ4v) is 1.40. The number of nitrogens with two attached hydrogens (primary N) is 1. The Hall–Kier alpha value is -2.72. The number of hydrogen-bond donors (Lipinski definition) is 6. The van der Waals surface area contributed by atoms with Crippen LogP contribution in [0, 0.1) is 0 Å². The lowest BCUT2D eigenvalue weighted by Crippen LogP contribution is -2.32. The first kappa shape index (κ1) is 17.3. The van der Waals surface area contributed by atoms with E-state index in [0.717, 1.165) is 5.69 Å². The van der Waals surface area contributed by atoms with Crippen molar-refractivity contribution in [1.29, 1.82) is 0 Å². The molecule has 7 N–H and O–H groups in total. The number of aromatic amines is 2. The molecule has 2 aromatic rings. The Labute approximate surface area is 125 Å².